The fourth-order valence-corrected chi connectivity index (χ4v) is 4.74. The van der Waals surface area contributed by atoms with E-state index in [2.05, 4.69) is 34.9 Å². The van der Waals surface area contributed by atoms with E-state index in [9.17, 15) is 19.5 Å². The van der Waals surface area contributed by atoms with Crippen molar-refractivity contribution in [3.8, 4) is 11.1 Å². The Bertz CT molecular complexity index is 1050. The Morgan fingerprint density at radius 2 is 1.63 bits per heavy atom. The molecule has 3 N–H and O–H groups in total. The standard InChI is InChI=1S/C28H34N2O5/c1-3-28(2,26(33)29-15-19(25(31)32)14-18-12-13-18)17-30-27(34)35-16-24-22-10-6-4-8-20(22)21-9-5-7-11-23(21)24/h4-11,18-19,24H,3,12-17H2,1-2H3,(H,29,33)(H,30,34)(H,31,32). The van der Waals surface area contributed by atoms with Crippen LogP contribution in [0.25, 0.3) is 11.1 Å². The van der Waals surface area contributed by atoms with E-state index in [0.717, 1.165) is 35.1 Å². The minimum atomic E-state index is -0.882. The second-order valence-electron chi connectivity index (χ2n) is 10.0. The number of aliphatic carboxylic acids is 1. The first-order valence-corrected chi connectivity index (χ1v) is 12.4. The summed E-state index contributed by atoms with van der Waals surface area (Å²) in [5.74, 6) is -1.30. The van der Waals surface area contributed by atoms with Gasteiger partial charge in [0.25, 0.3) is 0 Å². The van der Waals surface area contributed by atoms with E-state index in [1.165, 1.54) is 0 Å². The molecular formula is C28H34N2O5. The Morgan fingerprint density at radius 3 is 2.17 bits per heavy atom. The van der Waals surface area contributed by atoms with Crippen molar-refractivity contribution in [2.45, 2.75) is 45.4 Å². The Morgan fingerprint density at radius 1 is 1.03 bits per heavy atom. The van der Waals surface area contributed by atoms with Gasteiger partial charge in [-0.05, 0) is 47.9 Å². The second-order valence-corrected chi connectivity index (χ2v) is 10.0. The van der Waals surface area contributed by atoms with Crippen LogP contribution < -0.4 is 10.6 Å². The Balaban J connectivity index is 1.30. The lowest BCUT2D eigenvalue weighted by Crippen LogP contribution is -2.48. The highest BCUT2D eigenvalue weighted by molar-refractivity contribution is 5.84. The fourth-order valence-electron chi connectivity index (χ4n) is 4.74. The number of hydrogen-bond donors (Lipinski definition) is 3. The molecule has 35 heavy (non-hydrogen) atoms. The zero-order valence-electron chi connectivity index (χ0n) is 20.4. The Kier molecular flexibility index (Phi) is 7.43. The molecule has 2 amide bonds. The van der Waals surface area contributed by atoms with Crippen molar-refractivity contribution in [1.82, 2.24) is 10.6 Å². The maximum atomic E-state index is 12.9. The van der Waals surface area contributed by atoms with E-state index in [4.69, 9.17) is 4.74 Å². The summed E-state index contributed by atoms with van der Waals surface area (Å²) in [7, 11) is 0. The maximum absolute atomic E-state index is 12.9. The molecule has 2 unspecified atom stereocenters. The molecule has 0 aromatic heterocycles. The number of benzene rings is 2. The lowest BCUT2D eigenvalue weighted by atomic mass is 9.86. The predicted molar refractivity (Wildman–Crippen MR) is 133 cm³/mol. The Labute approximate surface area is 206 Å². The zero-order chi connectivity index (χ0) is 25.0. The first-order chi connectivity index (χ1) is 16.8. The second kappa shape index (κ2) is 10.5. The van der Waals surface area contributed by atoms with Crippen molar-refractivity contribution in [1.29, 1.82) is 0 Å². The van der Waals surface area contributed by atoms with Crippen molar-refractivity contribution >= 4 is 18.0 Å². The molecule has 4 rings (SSSR count). The molecule has 0 heterocycles. The first-order valence-electron chi connectivity index (χ1n) is 12.4. The van der Waals surface area contributed by atoms with E-state index in [0.29, 0.717) is 18.8 Å². The summed E-state index contributed by atoms with van der Waals surface area (Å²) in [6.07, 6.45) is 2.64. The van der Waals surface area contributed by atoms with Crippen LogP contribution in [0.3, 0.4) is 0 Å². The molecule has 0 radical (unpaired) electrons. The number of rotatable bonds is 11. The van der Waals surface area contributed by atoms with Crippen molar-refractivity contribution in [2.75, 3.05) is 19.7 Å². The molecule has 0 aliphatic heterocycles. The van der Waals surface area contributed by atoms with Crippen molar-refractivity contribution in [2.24, 2.45) is 17.3 Å². The minimum Gasteiger partial charge on any atom is -0.481 e. The number of amides is 2. The molecule has 2 atom stereocenters. The molecule has 7 heteroatoms. The smallest absolute Gasteiger partial charge is 0.407 e. The summed E-state index contributed by atoms with van der Waals surface area (Å²) >= 11 is 0. The highest BCUT2D eigenvalue weighted by Gasteiger charge is 2.35. The summed E-state index contributed by atoms with van der Waals surface area (Å²) in [5, 5.41) is 15.0. The van der Waals surface area contributed by atoms with Crippen LogP contribution in [0.5, 0.6) is 0 Å². The van der Waals surface area contributed by atoms with Crippen LogP contribution in [-0.2, 0) is 14.3 Å². The lowest BCUT2D eigenvalue weighted by Gasteiger charge is -2.28. The summed E-state index contributed by atoms with van der Waals surface area (Å²) in [6.45, 7) is 4.05. The molecule has 0 spiro atoms. The van der Waals surface area contributed by atoms with E-state index >= 15 is 0 Å². The molecule has 2 aromatic carbocycles. The third-order valence-electron chi connectivity index (χ3n) is 7.47. The van der Waals surface area contributed by atoms with Crippen LogP contribution >= 0.6 is 0 Å². The highest BCUT2D eigenvalue weighted by atomic mass is 16.5. The zero-order valence-corrected chi connectivity index (χ0v) is 20.4. The van der Waals surface area contributed by atoms with Gasteiger partial charge in [-0.15, -0.1) is 0 Å². The maximum Gasteiger partial charge on any atom is 0.407 e. The van der Waals surface area contributed by atoms with Gasteiger partial charge in [-0.25, -0.2) is 4.79 Å². The summed E-state index contributed by atoms with van der Waals surface area (Å²) in [4.78, 5) is 37.0. The van der Waals surface area contributed by atoms with Crippen LogP contribution in [0.4, 0.5) is 4.79 Å². The van der Waals surface area contributed by atoms with E-state index in [1.54, 1.807) is 6.92 Å². The molecule has 1 saturated carbocycles. The van der Waals surface area contributed by atoms with Gasteiger partial charge in [0.15, 0.2) is 0 Å². The summed E-state index contributed by atoms with van der Waals surface area (Å²) in [5.41, 5.74) is 3.73. The topological polar surface area (TPSA) is 105 Å². The highest BCUT2D eigenvalue weighted by Crippen LogP contribution is 2.44. The van der Waals surface area contributed by atoms with Gasteiger partial charge >= 0.3 is 12.1 Å². The predicted octanol–water partition coefficient (Wildman–Crippen LogP) is 4.56. The number of carboxylic acid groups (broad SMARTS) is 1. The Hall–Kier alpha value is -3.35. The first kappa shape index (κ1) is 24.8. The quantitative estimate of drug-likeness (QED) is 0.439. The van der Waals surface area contributed by atoms with Gasteiger partial charge in [-0.3, -0.25) is 9.59 Å². The van der Waals surface area contributed by atoms with Gasteiger partial charge in [-0.1, -0.05) is 68.3 Å². The van der Waals surface area contributed by atoms with Gasteiger partial charge in [0.1, 0.15) is 6.61 Å². The molecule has 0 bridgehead atoms. The van der Waals surface area contributed by atoms with E-state index in [-0.39, 0.29) is 31.5 Å². The average molecular weight is 479 g/mol. The van der Waals surface area contributed by atoms with Gasteiger partial charge in [0.2, 0.25) is 5.91 Å². The molecule has 2 aliphatic rings. The summed E-state index contributed by atoms with van der Waals surface area (Å²) < 4.78 is 5.58. The summed E-state index contributed by atoms with van der Waals surface area (Å²) in [6, 6.07) is 16.3. The van der Waals surface area contributed by atoms with E-state index in [1.807, 2.05) is 31.2 Å². The molecular weight excluding hydrogens is 444 g/mol. The van der Waals surface area contributed by atoms with Crippen molar-refractivity contribution < 1.29 is 24.2 Å². The minimum absolute atomic E-state index is 0.0339. The molecule has 7 nitrogen and oxygen atoms in total. The lowest BCUT2D eigenvalue weighted by molar-refractivity contribution is -0.142. The van der Waals surface area contributed by atoms with Crippen molar-refractivity contribution in [3.05, 3.63) is 59.7 Å². The number of nitrogens with one attached hydrogen (secondary N) is 2. The molecule has 2 aliphatic carbocycles. The molecule has 1 fully saturated rings. The largest absolute Gasteiger partial charge is 0.481 e. The van der Waals surface area contributed by atoms with Crippen LogP contribution in [-0.4, -0.2) is 42.8 Å². The number of carbonyl (C=O) groups is 3. The van der Waals surface area contributed by atoms with Gasteiger partial charge < -0.3 is 20.5 Å². The number of fused-ring (bicyclic) bond motifs is 3. The molecule has 0 saturated heterocycles. The van der Waals surface area contributed by atoms with Gasteiger partial charge in [-0.2, -0.15) is 0 Å². The number of carboxylic acids is 1. The SMILES string of the molecule is CCC(C)(CNC(=O)OCC1c2ccccc2-c2ccccc21)C(=O)NCC(CC1CC1)C(=O)O. The number of alkyl carbamates (subject to hydrolysis) is 1. The molecule has 186 valence electrons. The fraction of sp³-hybridized carbons (Fsp3) is 0.464. The average Bonchev–Trinajstić information content (AvgIpc) is 3.64. The van der Waals surface area contributed by atoms with Crippen LogP contribution in [0.15, 0.2) is 48.5 Å². The van der Waals surface area contributed by atoms with Gasteiger partial charge in [0, 0.05) is 19.0 Å². The van der Waals surface area contributed by atoms with Gasteiger partial charge in [0.05, 0.1) is 11.3 Å². The number of ether oxygens (including phenoxy) is 1. The van der Waals surface area contributed by atoms with Crippen LogP contribution in [0.2, 0.25) is 0 Å². The van der Waals surface area contributed by atoms with E-state index < -0.39 is 23.4 Å². The third kappa shape index (κ3) is 5.66. The van der Waals surface area contributed by atoms with Crippen LogP contribution in [0.1, 0.15) is 56.6 Å². The number of carbonyl (C=O) groups excluding carboxylic acids is 2. The monoisotopic (exact) mass is 478 g/mol. The third-order valence-corrected chi connectivity index (χ3v) is 7.47. The molecule has 2 aromatic rings. The van der Waals surface area contributed by atoms with Crippen molar-refractivity contribution in [3.63, 3.8) is 0 Å². The van der Waals surface area contributed by atoms with Crippen LogP contribution in [0, 0.1) is 17.3 Å². The normalized spacial score (nSPS) is 17.0. The number of hydrogen-bond acceptors (Lipinski definition) is 4.